The van der Waals surface area contributed by atoms with Crippen molar-refractivity contribution in [2.75, 3.05) is 14.2 Å². The van der Waals surface area contributed by atoms with E-state index in [2.05, 4.69) is 47.8 Å². The molecule has 0 saturated heterocycles. The summed E-state index contributed by atoms with van der Waals surface area (Å²) >= 11 is 9.86. The summed E-state index contributed by atoms with van der Waals surface area (Å²) < 4.78 is 10.9. The fourth-order valence-corrected chi connectivity index (χ4v) is 2.53. The van der Waals surface area contributed by atoms with Gasteiger partial charge in [-0.1, -0.05) is 15.9 Å². The quantitative estimate of drug-likeness (QED) is 0.572. The maximum Gasteiger partial charge on any atom is 0.172 e. The van der Waals surface area contributed by atoms with E-state index in [9.17, 15) is 0 Å². The second-order valence-corrected chi connectivity index (χ2v) is 5.57. The van der Waals surface area contributed by atoms with Crippen LogP contribution < -0.4 is 0 Å². The summed E-state index contributed by atoms with van der Waals surface area (Å²) in [6, 6.07) is 0. The van der Waals surface area contributed by atoms with Gasteiger partial charge in [0.2, 0.25) is 0 Å². The van der Waals surface area contributed by atoms with Crippen molar-refractivity contribution in [3.05, 3.63) is 9.47 Å². The lowest BCUT2D eigenvalue weighted by Gasteiger charge is -2.16. The molecule has 0 aliphatic rings. The molecule has 0 aromatic rings. The average Bonchev–Trinajstić information content (AvgIpc) is 1.88. The minimum atomic E-state index is -0.264. The van der Waals surface area contributed by atoms with Crippen molar-refractivity contribution in [3.63, 3.8) is 0 Å². The van der Waals surface area contributed by atoms with Gasteiger partial charge in [0, 0.05) is 14.2 Å². The summed E-state index contributed by atoms with van der Waals surface area (Å²) in [7, 11) is 3.19. The molecule has 0 bridgehead atoms. The fourth-order valence-electron chi connectivity index (χ4n) is 0.555. The van der Waals surface area contributed by atoms with Crippen LogP contribution in [0.1, 0.15) is 0 Å². The summed E-state index contributed by atoms with van der Waals surface area (Å²) in [5.41, 5.74) is 0. The maximum absolute atomic E-state index is 5.01. The lowest BCUT2D eigenvalue weighted by Crippen LogP contribution is -2.23. The standard InChI is InChI=1S/C6H9Br3O2/c1-10-6(11-2)4(7)3-5(8)9/h3-4,6H,1-2H3. The van der Waals surface area contributed by atoms with Gasteiger partial charge in [0.05, 0.1) is 8.22 Å². The minimum absolute atomic E-state index is 0.0336. The van der Waals surface area contributed by atoms with Crippen LogP contribution in [0.5, 0.6) is 0 Å². The molecule has 0 aliphatic heterocycles. The van der Waals surface area contributed by atoms with E-state index in [1.54, 1.807) is 14.2 Å². The van der Waals surface area contributed by atoms with Crippen LogP contribution in [0, 0.1) is 0 Å². The molecule has 0 aliphatic carbocycles. The van der Waals surface area contributed by atoms with Crippen molar-refractivity contribution in [1.82, 2.24) is 0 Å². The first-order chi connectivity index (χ1) is 5.11. The van der Waals surface area contributed by atoms with Gasteiger partial charge in [0.25, 0.3) is 0 Å². The Hall–Kier alpha value is 1.10. The van der Waals surface area contributed by atoms with Crippen molar-refractivity contribution in [2.45, 2.75) is 11.1 Å². The molecule has 0 N–H and O–H groups in total. The van der Waals surface area contributed by atoms with Crippen molar-refractivity contribution in [2.24, 2.45) is 0 Å². The first-order valence-electron chi connectivity index (χ1n) is 2.84. The molecule has 1 unspecified atom stereocenters. The van der Waals surface area contributed by atoms with Crippen LogP contribution >= 0.6 is 47.8 Å². The second-order valence-electron chi connectivity index (χ2n) is 1.74. The normalized spacial score (nSPS) is 13.3. The van der Waals surface area contributed by atoms with Crippen LogP contribution in [-0.4, -0.2) is 25.3 Å². The lowest BCUT2D eigenvalue weighted by molar-refractivity contribution is -0.0939. The highest BCUT2D eigenvalue weighted by molar-refractivity contribution is 9.28. The van der Waals surface area contributed by atoms with Gasteiger partial charge in [0.15, 0.2) is 6.29 Å². The molecule has 0 aromatic carbocycles. The van der Waals surface area contributed by atoms with E-state index in [1.165, 1.54) is 0 Å². The summed E-state index contributed by atoms with van der Waals surface area (Å²) in [5.74, 6) is 0. The highest BCUT2D eigenvalue weighted by Crippen LogP contribution is 2.20. The third-order valence-corrected chi connectivity index (χ3v) is 2.23. The molecule has 5 heteroatoms. The van der Waals surface area contributed by atoms with Crippen LogP contribution in [0.4, 0.5) is 0 Å². The number of hydrogen-bond donors (Lipinski definition) is 0. The van der Waals surface area contributed by atoms with Crippen LogP contribution in [0.2, 0.25) is 0 Å². The van der Waals surface area contributed by atoms with Crippen LogP contribution in [0.25, 0.3) is 0 Å². The largest absolute Gasteiger partial charge is 0.354 e. The van der Waals surface area contributed by atoms with E-state index < -0.39 is 0 Å². The van der Waals surface area contributed by atoms with E-state index >= 15 is 0 Å². The van der Waals surface area contributed by atoms with Gasteiger partial charge in [-0.2, -0.15) is 0 Å². The molecule has 0 rings (SSSR count). The van der Waals surface area contributed by atoms with Gasteiger partial charge < -0.3 is 9.47 Å². The van der Waals surface area contributed by atoms with Crippen molar-refractivity contribution < 1.29 is 9.47 Å². The zero-order chi connectivity index (χ0) is 8.85. The van der Waals surface area contributed by atoms with Crippen LogP contribution in [0.15, 0.2) is 9.47 Å². The molecule has 0 heterocycles. The first-order valence-corrected chi connectivity index (χ1v) is 5.34. The predicted octanol–water partition coefficient (Wildman–Crippen LogP) is 3.00. The summed E-state index contributed by atoms with van der Waals surface area (Å²) in [6.07, 6.45) is 1.62. The zero-order valence-electron chi connectivity index (χ0n) is 6.18. The Morgan fingerprint density at radius 3 is 2.00 bits per heavy atom. The van der Waals surface area contributed by atoms with Crippen LogP contribution in [0.3, 0.4) is 0 Å². The molecule has 11 heavy (non-hydrogen) atoms. The van der Waals surface area contributed by atoms with Gasteiger partial charge in [0.1, 0.15) is 0 Å². The summed E-state index contributed by atoms with van der Waals surface area (Å²) in [5, 5.41) is 0. The Kier molecular flexibility index (Phi) is 7.26. The Morgan fingerprint density at radius 1 is 1.27 bits per heavy atom. The first kappa shape index (κ1) is 12.1. The molecule has 2 nitrogen and oxygen atoms in total. The topological polar surface area (TPSA) is 18.5 Å². The number of hydrogen-bond acceptors (Lipinski definition) is 2. The van der Waals surface area contributed by atoms with Crippen LogP contribution in [-0.2, 0) is 9.47 Å². The Balaban J connectivity index is 3.98. The smallest absolute Gasteiger partial charge is 0.172 e. The monoisotopic (exact) mass is 350 g/mol. The molecule has 0 spiro atoms. The number of methoxy groups -OCH3 is 2. The van der Waals surface area contributed by atoms with Gasteiger partial charge in [-0.15, -0.1) is 0 Å². The second kappa shape index (κ2) is 6.60. The van der Waals surface area contributed by atoms with E-state index in [1.807, 2.05) is 6.08 Å². The van der Waals surface area contributed by atoms with E-state index in [0.29, 0.717) is 0 Å². The molecular weight excluding hydrogens is 344 g/mol. The molecule has 66 valence electrons. The Morgan fingerprint density at radius 2 is 1.73 bits per heavy atom. The zero-order valence-corrected chi connectivity index (χ0v) is 10.9. The molecule has 0 amide bonds. The molecule has 0 fully saturated rings. The fraction of sp³-hybridized carbons (Fsp3) is 0.667. The third-order valence-electron chi connectivity index (χ3n) is 1.01. The van der Waals surface area contributed by atoms with Gasteiger partial charge in [-0.05, 0) is 37.9 Å². The molecule has 0 aromatic heterocycles. The van der Waals surface area contributed by atoms with Crippen molar-refractivity contribution >= 4 is 47.8 Å². The van der Waals surface area contributed by atoms with Crippen molar-refractivity contribution in [3.8, 4) is 0 Å². The maximum atomic E-state index is 5.01. The van der Waals surface area contributed by atoms with E-state index in [4.69, 9.17) is 9.47 Å². The number of ether oxygens (including phenoxy) is 2. The lowest BCUT2D eigenvalue weighted by atomic mass is 10.4. The van der Waals surface area contributed by atoms with Crippen molar-refractivity contribution in [1.29, 1.82) is 0 Å². The molecule has 0 saturated carbocycles. The van der Waals surface area contributed by atoms with E-state index in [0.717, 1.165) is 3.39 Å². The highest BCUT2D eigenvalue weighted by atomic mass is 79.9. The molecule has 0 radical (unpaired) electrons. The van der Waals surface area contributed by atoms with E-state index in [-0.39, 0.29) is 11.1 Å². The average molecular weight is 353 g/mol. The Bertz CT molecular complexity index is 130. The number of alkyl halides is 1. The Labute approximate surface area is 91.7 Å². The van der Waals surface area contributed by atoms with Gasteiger partial charge in [-0.25, -0.2) is 0 Å². The number of rotatable bonds is 4. The molecule has 1 atom stereocenters. The number of halogens is 3. The summed E-state index contributed by atoms with van der Waals surface area (Å²) in [4.78, 5) is 0.0336. The summed E-state index contributed by atoms with van der Waals surface area (Å²) in [6.45, 7) is 0. The molecular formula is C6H9Br3O2. The third kappa shape index (κ3) is 5.36. The van der Waals surface area contributed by atoms with Gasteiger partial charge in [-0.3, -0.25) is 0 Å². The SMILES string of the molecule is COC(OC)C(Br)C=C(Br)Br. The minimum Gasteiger partial charge on any atom is -0.354 e. The predicted molar refractivity (Wildman–Crippen MR) is 56.5 cm³/mol. The highest BCUT2D eigenvalue weighted by Gasteiger charge is 2.14. The van der Waals surface area contributed by atoms with Gasteiger partial charge >= 0.3 is 0 Å².